The molecule has 0 bridgehead atoms. The van der Waals surface area contributed by atoms with Crippen LogP contribution in [-0.2, 0) is 5.41 Å². The number of rotatable bonds is 3. The topological polar surface area (TPSA) is 77.7 Å². The van der Waals surface area contributed by atoms with Crippen molar-refractivity contribution in [2.75, 3.05) is 20.6 Å². The van der Waals surface area contributed by atoms with Crippen LogP contribution < -0.4 is 5.56 Å². The molecule has 2 aromatic carbocycles. The van der Waals surface area contributed by atoms with E-state index in [2.05, 4.69) is 33.7 Å². The molecule has 0 fully saturated rings. The van der Waals surface area contributed by atoms with E-state index >= 15 is 0 Å². The Balaban J connectivity index is 2.16. The number of benzene rings is 2. The molecule has 0 spiro atoms. The normalized spacial score (nSPS) is 12.7. The van der Waals surface area contributed by atoms with E-state index in [1.165, 1.54) is 18.5 Å². The summed E-state index contributed by atoms with van der Waals surface area (Å²) in [7, 11) is 4.03. The molecule has 0 aliphatic heterocycles. The van der Waals surface area contributed by atoms with Crippen LogP contribution in [0, 0.1) is 5.82 Å². The molecule has 0 saturated heterocycles. The van der Waals surface area contributed by atoms with E-state index in [0.29, 0.717) is 27.3 Å². The van der Waals surface area contributed by atoms with E-state index in [1.54, 1.807) is 6.07 Å². The third-order valence-electron chi connectivity index (χ3n) is 4.65. The lowest BCUT2D eigenvalue weighted by Gasteiger charge is -2.25. The van der Waals surface area contributed by atoms with Crippen LogP contribution in [0.15, 0.2) is 29.3 Å². The summed E-state index contributed by atoms with van der Waals surface area (Å²) >= 11 is 0. The van der Waals surface area contributed by atoms with Crippen molar-refractivity contribution in [3.05, 3.63) is 46.5 Å². The van der Waals surface area contributed by atoms with Crippen LogP contribution in [-0.4, -0.2) is 45.5 Å². The fourth-order valence-electron chi connectivity index (χ4n) is 3.69. The van der Waals surface area contributed by atoms with E-state index in [1.807, 2.05) is 14.1 Å². The number of aromatic amines is 2. The smallest absolute Gasteiger partial charge is 0.259 e. The fraction of sp³-hybridized carbons (Fsp3) is 0.316. The number of nitrogens with one attached hydrogen (secondary N) is 2. The zero-order valence-electron chi connectivity index (χ0n) is 15.1. The molecule has 0 amide bonds. The summed E-state index contributed by atoms with van der Waals surface area (Å²) < 4.78 is 13.9. The Morgan fingerprint density at radius 2 is 1.96 bits per heavy atom. The zero-order valence-corrected chi connectivity index (χ0v) is 15.1. The van der Waals surface area contributed by atoms with E-state index < -0.39 is 5.82 Å². The maximum atomic E-state index is 13.9. The third-order valence-corrected chi connectivity index (χ3v) is 4.65. The lowest BCUT2D eigenvalue weighted by Crippen LogP contribution is -2.33. The lowest BCUT2D eigenvalue weighted by molar-refractivity contribution is 0.307. The molecule has 134 valence electrons. The Kier molecular flexibility index (Phi) is 3.59. The molecule has 0 aliphatic rings. The van der Waals surface area contributed by atoms with Crippen molar-refractivity contribution in [3.8, 4) is 0 Å². The van der Waals surface area contributed by atoms with Gasteiger partial charge in [0.1, 0.15) is 17.2 Å². The molecule has 4 rings (SSSR count). The van der Waals surface area contributed by atoms with Gasteiger partial charge in [-0.25, -0.2) is 14.4 Å². The first-order valence-corrected chi connectivity index (χ1v) is 8.41. The Morgan fingerprint density at radius 3 is 2.69 bits per heavy atom. The molecule has 26 heavy (non-hydrogen) atoms. The maximum Gasteiger partial charge on any atom is 0.259 e. The standard InChI is InChI=1S/C19H20FN5O/c1-19(2,8-25(3)4)18-23-14-11-6-5-10(20)7-12(11)13-15(16(14)24-18)21-9-22-17(13)26/h5-7,9H,8H2,1-4H3,(H,23,24)(H,21,22,26). The van der Waals surface area contributed by atoms with Crippen LogP contribution >= 0.6 is 0 Å². The molecule has 7 heteroatoms. The maximum absolute atomic E-state index is 13.9. The molecule has 2 N–H and O–H groups in total. The molecule has 0 atom stereocenters. The lowest BCUT2D eigenvalue weighted by atomic mass is 9.92. The number of hydrogen-bond acceptors (Lipinski definition) is 4. The van der Waals surface area contributed by atoms with Crippen LogP contribution in [0.25, 0.3) is 32.7 Å². The number of fused-ring (bicyclic) bond motifs is 6. The van der Waals surface area contributed by atoms with Gasteiger partial charge in [0.15, 0.2) is 0 Å². The molecular formula is C19H20FN5O. The average Bonchev–Trinajstić information content (AvgIpc) is 3.00. The van der Waals surface area contributed by atoms with E-state index in [9.17, 15) is 9.18 Å². The second-order valence-corrected chi connectivity index (χ2v) is 7.58. The Labute approximate surface area is 149 Å². The predicted molar refractivity (Wildman–Crippen MR) is 101 cm³/mol. The summed E-state index contributed by atoms with van der Waals surface area (Å²) in [4.78, 5) is 29.7. The number of halogens is 1. The highest BCUT2D eigenvalue weighted by atomic mass is 19.1. The Morgan fingerprint density at radius 1 is 1.19 bits per heavy atom. The summed E-state index contributed by atoms with van der Waals surface area (Å²) in [5, 5.41) is 1.62. The molecule has 2 heterocycles. The minimum absolute atomic E-state index is 0.234. The Hall–Kier alpha value is -2.80. The number of imidazole rings is 1. The number of nitrogens with zero attached hydrogens (tertiary/aromatic N) is 3. The molecular weight excluding hydrogens is 333 g/mol. The van der Waals surface area contributed by atoms with Gasteiger partial charge in [-0.15, -0.1) is 0 Å². The molecule has 6 nitrogen and oxygen atoms in total. The second-order valence-electron chi connectivity index (χ2n) is 7.58. The summed E-state index contributed by atoms with van der Waals surface area (Å²) in [6, 6.07) is 4.42. The van der Waals surface area contributed by atoms with Gasteiger partial charge in [-0.1, -0.05) is 13.8 Å². The van der Waals surface area contributed by atoms with Crippen LogP contribution in [0.1, 0.15) is 19.7 Å². The minimum Gasteiger partial charge on any atom is -0.340 e. The van der Waals surface area contributed by atoms with Gasteiger partial charge in [-0.2, -0.15) is 0 Å². The monoisotopic (exact) mass is 353 g/mol. The van der Waals surface area contributed by atoms with Crippen molar-refractivity contribution in [2.24, 2.45) is 0 Å². The van der Waals surface area contributed by atoms with Gasteiger partial charge in [0.2, 0.25) is 0 Å². The van der Waals surface area contributed by atoms with Gasteiger partial charge in [-0.05, 0) is 32.3 Å². The molecule has 2 aromatic heterocycles. The molecule has 0 unspecified atom stereocenters. The van der Waals surface area contributed by atoms with Gasteiger partial charge in [0, 0.05) is 22.7 Å². The van der Waals surface area contributed by atoms with Crippen LogP contribution in [0.5, 0.6) is 0 Å². The van der Waals surface area contributed by atoms with Gasteiger partial charge in [-0.3, -0.25) is 4.79 Å². The molecule has 4 aromatic rings. The Bertz CT molecular complexity index is 1210. The largest absolute Gasteiger partial charge is 0.340 e. The summed E-state index contributed by atoms with van der Waals surface area (Å²) in [5.41, 5.74) is 1.37. The first-order valence-electron chi connectivity index (χ1n) is 8.41. The van der Waals surface area contributed by atoms with E-state index in [4.69, 9.17) is 4.98 Å². The average molecular weight is 353 g/mol. The van der Waals surface area contributed by atoms with Gasteiger partial charge in [0.25, 0.3) is 5.56 Å². The van der Waals surface area contributed by atoms with E-state index in [-0.39, 0.29) is 11.0 Å². The van der Waals surface area contributed by atoms with E-state index in [0.717, 1.165) is 17.8 Å². The minimum atomic E-state index is -0.398. The summed E-state index contributed by atoms with van der Waals surface area (Å²) in [6.45, 7) is 5.01. The number of hydrogen-bond donors (Lipinski definition) is 2. The summed E-state index contributed by atoms with van der Waals surface area (Å²) in [6.07, 6.45) is 1.36. The fourth-order valence-corrected chi connectivity index (χ4v) is 3.69. The summed E-state index contributed by atoms with van der Waals surface area (Å²) in [5.74, 6) is 0.409. The van der Waals surface area contributed by atoms with Gasteiger partial charge >= 0.3 is 0 Å². The zero-order chi connectivity index (χ0) is 18.6. The number of H-pyrrole nitrogens is 2. The van der Waals surface area contributed by atoms with Crippen molar-refractivity contribution in [2.45, 2.75) is 19.3 Å². The molecule has 0 radical (unpaired) electrons. The van der Waals surface area contributed by atoms with Crippen molar-refractivity contribution in [1.29, 1.82) is 0 Å². The predicted octanol–water partition coefficient (Wildman–Crippen LogP) is 2.93. The first-order chi connectivity index (χ1) is 12.3. The molecule has 0 aliphatic carbocycles. The third kappa shape index (κ3) is 2.47. The number of aromatic nitrogens is 4. The van der Waals surface area contributed by atoms with Crippen LogP contribution in [0.2, 0.25) is 0 Å². The highest BCUT2D eigenvalue weighted by Gasteiger charge is 2.27. The van der Waals surface area contributed by atoms with Crippen LogP contribution in [0.3, 0.4) is 0 Å². The quantitative estimate of drug-likeness (QED) is 0.555. The van der Waals surface area contributed by atoms with Crippen LogP contribution in [0.4, 0.5) is 4.39 Å². The van der Waals surface area contributed by atoms with Gasteiger partial charge in [0.05, 0.1) is 22.7 Å². The van der Waals surface area contributed by atoms with Gasteiger partial charge < -0.3 is 14.9 Å². The highest BCUT2D eigenvalue weighted by molar-refractivity contribution is 6.21. The highest BCUT2D eigenvalue weighted by Crippen LogP contribution is 2.33. The second kappa shape index (κ2) is 5.60. The molecule has 0 saturated carbocycles. The SMILES string of the molecule is CN(C)CC(C)(C)c1nc2c3ccc(F)cc3c3c(=O)[nH]cnc3c2[nH]1. The van der Waals surface area contributed by atoms with Crippen molar-refractivity contribution in [1.82, 2.24) is 24.8 Å². The first kappa shape index (κ1) is 16.7. The van der Waals surface area contributed by atoms with Crippen molar-refractivity contribution >= 4 is 32.7 Å². The van der Waals surface area contributed by atoms with Crippen molar-refractivity contribution < 1.29 is 4.39 Å². The number of likely N-dealkylation sites (N-methyl/N-ethyl adjacent to an activating group) is 1. The van der Waals surface area contributed by atoms with Crippen molar-refractivity contribution in [3.63, 3.8) is 0 Å².